The van der Waals surface area contributed by atoms with Gasteiger partial charge in [0, 0.05) is 21.6 Å². The van der Waals surface area contributed by atoms with Crippen LogP contribution in [0, 0.1) is 0 Å². The fourth-order valence-electron chi connectivity index (χ4n) is 1.76. The SMILES string of the molecule is CCCn1c(CBr)nnc1-c1cc(Cl)ccc1Br. The molecule has 3 nitrogen and oxygen atoms in total. The average molecular weight is 394 g/mol. The molecule has 0 atom stereocenters. The Morgan fingerprint density at radius 1 is 1.33 bits per heavy atom. The summed E-state index contributed by atoms with van der Waals surface area (Å²) in [6.45, 7) is 3.02. The predicted octanol–water partition coefficient (Wildman–Crippen LogP) is 4.67. The third-order valence-corrected chi connectivity index (χ3v) is 3.99. The molecule has 0 bridgehead atoms. The van der Waals surface area contributed by atoms with Gasteiger partial charge in [0.05, 0.1) is 5.33 Å². The van der Waals surface area contributed by atoms with Gasteiger partial charge in [-0.3, -0.25) is 0 Å². The second kappa shape index (κ2) is 6.17. The summed E-state index contributed by atoms with van der Waals surface area (Å²) in [5.74, 6) is 1.78. The summed E-state index contributed by atoms with van der Waals surface area (Å²) in [7, 11) is 0. The molecule has 1 aromatic heterocycles. The van der Waals surface area contributed by atoms with Crippen molar-refractivity contribution in [3.63, 3.8) is 0 Å². The smallest absolute Gasteiger partial charge is 0.165 e. The Morgan fingerprint density at radius 3 is 2.78 bits per heavy atom. The maximum atomic E-state index is 6.05. The van der Waals surface area contributed by atoms with Crippen LogP contribution < -0.4 is 0 Å². The number of rotatable bonds is 4. The number of hydrogen-bond acceptors (Lipinski definition) is 2. The van der Waals surface area contributed by atoms with Crippen LogP contribution in [0.1, 0.15) is 19.2 Å². The van der Waals surface area contributed by atoms with E-state index in [1.54, 1.807) is 0 Å². The van der Waals surface area contributed by atoms with Gasteiger partial charge in [0.2, 0.25) is 0 Å². The van der Waals surface area contributed by atoms with E-state index in [2.05, 4.69) is 53.5 Å². The number of benzene rings is 1. The van der Waals surface area contributed by atoms with Crippen LogP contribution in [0.4, 0.5) is 0 Å². The zero-order valence-corrected chi connectivity index (χ0v) is 13.8. The highest BCUT2D eigenvalue weighted by atomic mass is 79.9. The summed E-state index contributed by atoms with van der Waals surface area (Å²) in [6.07, 6.45) is 1.03. The fourth-order valence-corrected chi connectivity index (χ4v) is 2.77. The summed E-state index contributed by atoms with van der Waals surface area (Å²) in [5, 5.41) is 9.86. The number of halogens is 3. The Kier molecular flexibility index (Phi) is 4.81. The van der Waals surface area contributed by atoms with Crippen LogP contribution in [0.25, 0.3) is 11.4 Å². The lowest BCUT2D eigenvalue weighted by Gasteiger charge is -2.09. The van der Waals surface area contributed by atoms with E-state index in [1.807, 2.05) is 18.2 Å². The lowest BCUT2D eigenvalue weighted by atomic mass is 10.2. The minimum atomic E-state index is 0.693. The van der Waals surface area contributed by atoms with Gasteiger partial charge in [0.1, 0.15) is 5.82 Å². The molecule has 2 rings (SSSR count). The zero-order chi connectivity index (χ0) is 13.1. The van der Waals surface area contributed by atoms with E-state index in [0.29, 0.717) is 10.4 Å². The first-order valence-corrected chi connectivity index (χ1v) is 7.90. The normalized spacial score (nSPS) is 10.9. The standard InChI is InChI=1S/C12H12Br2ClN3/c1-2-5-18-11(7-13)16-17-12(18)9-6-8(15)3-4-10(9)14/h3-4,6H,2,5,7H2,1H3. The van der Waals surface area contributed by atoms with Crippen LogP contribution in [0.3, 0.4) is 0 Å². The van der Waals surface area contributed by atoms with Crippen LogP contribution in [0.5, 0.6) is 0 Å². The van der Waals surface area contributed by atoms with E-state index in [4.69, 9.17) is 11.6 Å². The Labute approximate surface area is 128 Å². The summed E-state index contributed by atoms with van der Waals surface area (Å²) in [6, 6.07) is 5.68. The molecule has 96 valence electrons. The van der Waals surface area contributed by atoms with Crippen molar-refractivity contribution >= 4 is 43.5 Å². The van der Waals surface area contributed by atoms with Gasteiger partial charge in [0.25, 0.3) is 0 Å². The molecule has 0 aliphatic carbocycles. The lowest BCUT2D eigenvalue weighted by Crippen LogP contribution is -2.04. The van der Waals surface area contributed by atoms with Crippen LogP contribution in [0.2, 0.25) is 5.02 Å². The summed E-state index contributed by atoms with van der Waals surface area (Å²) >= 11 is 13.0. The molecular weight excluding hydrogens is 381 g/mol. The first-order valence-electron chi connectivity index (χ1n) is 5.60. The van der Waals surface area contributed by atoms with Gasteiger partial charge in [-0.2, -0.15) is 0 Å². The molecule has 0 saturated heterocycles. The minimum absolute atomic E-state index is 0.693. The first kappa shape index (κ1) is 14.0. The Balaban J connectivity index is 2.56. The molecule has 0 unspecified atom stereocenters. The van der Waals surface area contributed by atoms with Gasteiger partial charge < -0.3 is 4.57 Å². The van der Waals surface area contributed by atoms with Gasteiger partial charge >= 0.3 is 0 Å². The highest BCUT2D eigenvalue weighted by molar-refractivity contribution is 9.10. The zero-order valence-electron chi connectivity index (χ0n) is 9.83. The Morgan fingerprint density at radius 2 is 2.11 bits per heavy atom. The van der Waals surface area contributed by atoms with Crippen LogP contribution in [-0.4, -0.2) is 14.8 Å². The molecule has 1 aromatic carbocycles. The van der Waals surface area contributed by atoms with E-state index in [1.165, 1.54) is 0 Å². The third kappa shape index (κ3) is 2.78. The lowest BCUT2D eigenvalue weighted by molar-refractivity contribution is 0.661. The van der Waals surface area contributed by atoms with E-state index < -0.39 is 0 Å². The van der Waals surface area contributed by atoms with Crippen LogP contribution in [-0.2, 0) is 11.9 Å². The first-order chi connectivity index (χ1) is 8.67. The van der Waals surface area contributed by atoms with Gasteiger partial charge in [-0.25, -0.2) is 0 Å². The quantitative estimate of drug-likeness (QED) is 0.707. The van der Waals surface area contributed by atoms with Crippen molar-refractivity contribution in [1.29, 1.82) is 0 Å². The minimum Gasteiger partial charge on any atom is -0.310 e. The number of hydrogen-bond donors (Lipinski definition) is 0. The fraction of sp³-hybridized carbons (Fsp3) is 0.333. The van der Waals surface area contributed by atoms with Crippen molar-refractivity contribution in [2.24, 2.45) is 0 Å². The van der Waals surface area contributed by atoms with Gasteiger partial charge in [-0.1, -0.05) is 50.4 Å². The van der Waals surface area contributed by atoms with Gasteiger partial charge in [0.15, 0.2) is 5.82 Å². The summed E-state index contributed by atoms with van der Waals surface area (Å²) in [4.78, 5) is 0. The summed E-state index contributed by atoms with van der Waals surface area (Å²) < 4.78 is 3.09. The van der Waals surface area contributed by atoms with E-state index in [-0.39, 0.29) is 0 Å². The van der Waals surface area contributed by atoms with Crippen molar-refractivity contribution in [2.75, 3.05) is 0 Å². The number of alkyl halides is 1. The molecule has 18 heavy (non-hydrogen) atoms. The van der Waals surface area contributed by atoms with E-state index in [9.17, 15) is 0 Å². The molecule has 2 aromatic rings. The van der Waals surface area contributed by atoms with E-state index in [0.717, 1.165) is 34.7 Å². The highest BCUT2D eigenvalue weighted by Gasteiger charge is 2.15. The molecule has 6 heteroatoms. The molecule has 0 amide bonds. The maximum absolute atomic E-state index is 6.05. The third-order valence-electron chi connectivity index (χ3n) is 2.56. The molecular formula is C12H12Br2ClN3. The summed E-state index contributed by atoms with van der Waals surface area (Å²) in [5.41, 5.74) is 0.968. The number of nitrogens with zero attached hydrogens (tertiary/aromatic N) is 3. The topological polar surface area (TPSA) is 30.7 Å². The molecule has 0 aliphatic heterocycles. The van der Waals surface area contributed by atoms with Crippen LogP contribution in [0.15, 0.2) is 22.7 Å². The Hall–Kier alpha value is -0.390. The number of aromatic nitrogens is 3. The second-order valence-corrected chi connectivity index (χ2v) is 5.70. The van der Waals surface area contributed by atoms with E-state index >= 15 is 0 Å². The maximum Gasteiger partial charge on any atom is 0.165 e. The molecule has 1 heterocycles. The monoisotopic (exact) mass is 391 g/mol. The van der Waals surface area contributed by atoms with Gasteiger partial charge in [-0.05, 0) is 24.6 Å². The largest absolute Gasteiger partial charge is 0.310 e. The predicted molar refractivity (Wildman–Crippen MR) is 81.1 cm³/mol. The Bertz CT molecular complexity index is 554. The second-order valence-electron chi connectivity index (χ2n) is 3.85. The molecule has 0 aliphatic rings. The molecule has 0 spiro atoms. The van der Waals surface area contributed by atoms with Crippen molar-refractivity contribution in [2.45, 2.75) is 25.2 Å². The van der Waals surface area contributed by atoms with Crippen molar-refractivity contribution < 1.29 is 0 Å². The van der Waals surface area contributed by atoms with Gasteiger partial charge in [-0.15, -0.1) is 10.2 Å². The molecule has 0 N–H and O–H groups in total. The van der Waals surface area contributed by atoms with Crippen molar-refractivity contribution in [1.82, 2.24) is 14.8 Å². The molecule has 0 radical (unpaired) electrons. The highest BCUT2D eigenvalue weighted by Crippen LogP contribution is 2.30. The molecule has 0 saturated carbocycles. The average Bonchev–Trinajstić information content (AvgIpc) is 2.76. The van der Waals surface area contributed by atoms with Crippen molar-refractivity contribution in [3.05, 3.63) is 33.5 Å². The van der Waals surface area contributed by atoms with Crippen LogP contribution >= 0.6 is 43.5 Å². The van der Waals surface area contributed by atoms with Crippen molar-refractivity contribution in [3.8, 4) is 11.4 Å². The molecule has 0 fully saturated rings.